The van der Waals surface area contributed by atoms with E-state index in [2.05, 4.69) is 5.92 Å². The van der Waals surface area contributed by atoms with Crippen LogP contribution in [0.1, 0.15) is 19.8 Å². The van der Waals surface area contributed by atoms with Crippen molar-refractivity contribution in [2.24, 2.45) is 0 Å². The molecule has 86 valence electrons. The fourth-order valence-corrected chi connectivity index (χ4v) is 1.58. The summed E-state index contributed by atoms with van der Waals surface area (Å²) in [5, 5.41) is 18.5. The summed E-state index contributed by atoms with van der Waals surface area (Å²) in [4.78, 5) is 12.5. The van der Waals surface area contributed by atoms with Crippen molar-refractivity contribution in [3.05, 3.63) is 0 Å². The van der Waals surface area contributed by atoms with Gasteiger partial charge in [0.1, 0.15) is 11.6 Å². The number of rotatable bonds is 2. The summed E-state index contributed by atoms with van der Waals surface area (Å²) in [6, 6.07) is -0.502. The molecule has 0 amide bonds. The molecule has 0 aliphatic carbocycles. The zero-order valence-electron chi connectivity index (χ0n) is 8.64. The van der Waals surface area contributed by atoms with Gasteiger partial charge in [-0.05, 0) is 6.92 Å². The molecule has 0 saturated carbocycles. The van der Waals surface area contributed by atoms with Crippen molar-refractivity contribution >= 4 is 18.4 Å². The Morgan fingerprint density at radius 1 is 1.53 bits per heavy atom. The molecule has 0 aromatic carbocycles. The summed E-state index contributed by atoms with van der Waals surface area (Å²) in [7, 11) is 0. The lowest BCUT2D eigenvalue weighted by atomic mass is 9.92. The van der Waals surface area contributed by atoms with Crippen molar-refractivity contribution < 1.29 is 15.0 Å². The summed E-state index contributed by atoms with van der Waals surface area (Å²) in [6.45, 7) is 2.71. The number of likely N-dealkylation sites (tertiary alicyclic amines) is 1. The van der Waals surface area contributed by atoms with E-state index < -0.39 is 17.6 Å². The van der Waals surface area contributed by atoms with Gasteiger partial charge in [0, 0.05) is 25.9 Å². The van der Waals surface area contributed by atoms with Crippen LogP contribution in [0.4, 0.5) is 0 Å². The molecular weight excluding hydrogens is 218 g/mol. The Labute approximate surface area is 95.7 Å². The summed E-state index contributed by atoms with van der Waals surface area (Å²) >= 11 is 0. The lowest BCUT2D eigenvalue weighted by Gasteiger charge is -2.36. The molecule has 1 rings (SSSR count). The van der Waals surface area contributed by atoms with E-state index in [1.165, 1.54) is 0 Å². The first-order valence-electron chi connectivity index (χ1n) is 4.65. The topological polar surface area (TPSA) is 60.8 Å². The first-order chi connectivity index (χ1) is 6.48. The van der Waals surface area contributed by atoms with Crippen LogP contribution in [0.5, 0.6) is 0 Å². The zero-order chi connectivity index (χ0) is 10.8. The quantitative estimate of drug-likeness (QED) is 0.676. The number of piperidine rings is 1. The van der Waals surface area contributed by atoms with Gasteiger partial charge >= 0.3 is 5.97 Å². The number of aliphatic hydroxyl groups is 1. The van der Waals surface area contributed by atoms with Gasteiger partial charge in [0.05, 0.1) is 0 Å². The SMILES string of the molecule is C#CC1(O)CCN(C(C)C(=O)O)CC1.Cl. The number of carboxylic acid groups (broad SMARTS) is 1. The van der Waals surface area contributed by atoms with Crippen LogP contribution >= 0.6 is 12.4 Å². The van der Waals surface area contributed by atoms with E-state index in [9.17, 15) is 9.90 Å². The van der Waals surface area contributed by atoms with E-state index in [0.29, 0.717) is 25.9 Å². The molecule has 4 nitrogen and oxygen atoms in total. The van der Waals surface area contributed by atoms with Gasteiger partial charge < -0.3 is 10.2 Å². The molecule has 1 heterocycles. The van der Waals surface area contributed by atoms with Crippen molar-refractivity contribution in [1.82, 2.24) is 4.90 Å². The number of aliphatic carboxylic acids is 1. The fraction of sp³-hybridized carbons (Fsp3) is 0.700. The Hall–Kier alpha value is -0.760. The molecular formula is C10H16ClNO3. The third-order valence-electron chi connectivity index (χ3n) is 2.80. The summed E-state index contributed by atoms with van der Waals surface area (Å²) < 4.78 is 0. The average molecular weight is 234 g/mol. The number of halogens is 1. The van der Waals surface area contributed by atoms with Crippen LogP contribution in [-0.2, 0) is 4.79 Å². The van der Waals surface area contributed by atoms with Crippen molar-refractivity contribution in [3.8, 4) is 12.3 Å². The van der Waals surface area contributed by atoms with Crippen LogP contribution in [0, 0.1) is 12.3 Å². The minimum Gasteiger partial charge on any atom is -0.480 e. The number of hydrogen-bond donors (Lipinski definition) is 2. The lowest BCUT2D eigenvalue weighted by molar-refractivity contribution is -0.143. The van der Waals surface area contributed by atoms with Gasteiger partial charge in [0.2, 0.25) is 0 Å². The normalized spacial score (nSPS) is 22.2. The highest BCUT2D eigenvalue weighted by molar-refractivity contribution is 5.85. The number of carboxylic acids is 1. The fourth-order valence-electron chi connectivity index (χ4n) is 1.58. The molecule has 1 aliphatic heterocycles. The van der Waals surface area contributed by atoms with E-state index in [1.807, 2.05) is 4.90 Å². The van der Waals surface area contributed by atoms with Gasteiger partial charge in [-0.3, -0.25) is 9.69 Å². The first-order valence-corrected chi connectivity index (χ1v) is 4.65. The number of hydrogen-bond acceptors (Lipinski definition) is 3. The minimum absolute atomic E-state index is 0. The summed E-state index contributed by atoms with van der Waals surface area (Å²) in [5.74, 6) is 1.51. The molecule has 0 spiro atoms. The van der Waals surface area contributed by atoms with E-state index in [0.717, 1.165) is 0 Å². The second-order valence-electron chi connectivity index (χ2n) is 3.73. The monoisotopic (exact) mass is 233 g/mol. The average Bonchev–Trinajstić information content (AvgIpc) is 2.18. The smallest absolute Gasteiger partial charge is 0.320 e. The standard InChI is InChI=1S/C10H15NO3.ClH/c1-3-10(14)4-6-11(7-5-10)8(2)9(12)13;/h1,8,14H,4-7H2,2H3,(H,12,13);1H. The maximum Gasteiger partial charge on any atom is 0.320 e. The van der Waals surface area contributed by atoms with Crippen LogP contribution < -0.4 is 0 Å². The van der Waals surface area contributed by atoms with E-state index >= 15 is 0 Å². The lowest BCUT2D eigenvalue weighted by Crippen LogP contribution is -2.49. The second-order valence-corrected chi connectivity index (χ2v) is 3.73. The predicted molar refractivity (Wildman–Crippen MR) is 58.9 cm³/mol. The van der Waals surface area contributed by atoms with E-state index in [-0.39, 0.29) is 12.4 Å². The number of nitrogens with zero attached hydrogens (tertiary/aromatic N) is 1. The van der Waals surface area contributed by atoms with Crippen molar-refractivity contribution in [2.45, 2.75) is 31.4 Å². The molecule has 0 radical (unpaired) electrons. The molecule has 0 bridgehead atoms. The van der Waals surface area contributed by atoms with Crippen LogP contribution in [-0.4, -0.2) is 45.8 Å². The first kappa shape index (κ1) is 14.2. The van der Waals surface area contributed by atoms with Crippen molar-refractivity contribution in [3.63, 3.8) is 0 Å². The third kappa shape index (κ3) is 3.38. The Morgan fingerprint density at radius 2 is 2.00 bits per heavy atom. The zero-order valence-corrected chi connectivity index (χ0v) is 9.46. The van der Waals surface area contributed by atoms with E-state index in [4.69, 9.17) is 11.5 Å². The van der Waals surface area contributed by atoms with Gasteiger partial charge in [-0.15, -0.1) is 18.8 Å². The molecule has 1 aliphatic rings. The number of carbonyl (C=O) groups is 1. The van der Waals surface area contributed by atoms with Gasteiger partial charge in [-0.25, -0.2) is 0 Å². The summed E-state index contributed by atoms with van der Waals surface area (Å²) in [6.07, 6.45) is 6.08. The molecule has 1 unspecified atom stereocenters. The highest BCUT2D eigenvalue weighted by Gasteiger charge is 2.33. The van der Waals surface area contributed by atoms with Gasteiger partial charge in [0.15, 0.2) is 0 Å². The second kappa shape index (κ2) is 5.36. The highest BCUT2D eigenvalue weighted by atomic mass is 35.5. The van der Waals surface area contributed by atoms with Crippen LogP contribution in [0.3, 0.4) is 0 Å². The van der Waals surface area contributed by atoms with Crippen LogP contribution in [0.15, 0.2) is 0 Å². The molecule has 0 aromatic rings. The molecule has 15 heavy (non-hydrogen) atoms. The highest BCUT2D eigenvalue weighted by Crippen LogP contribution is 2.22. The molecule has 1 atom stereocenters. The van der Waals surface area contributed by atoms with Gasteiger partial charge in [0.25, 0.3) is 0 Å². The largest absolute Gasteiger partial charge is 0.480 e. The van der Waals surface area contributed by atoms with E-state index in [1.54, 1.807) is 6.92 Å². The minimum atomic E-state index is -1.03. The van der Waals surface area contributed by atoms with Crippen molar-refractivity contribution in [2.75, 3.05) is 13.1 Å². The molecule has 5 heteroatoms. The maximum absolute atomic E-state index is 10.7. The van der Waals surface area contributed by atoms with Gasteiger partial charge in [-0.2, -0.15) is 0 Å². The van der Waals surface area contributed by atoms with Crippen molar-refractivity contribution in [1.29, 1.82) is 0 Å². The Balaban J connectivity index is 0.00000196. The molecule has 0 aromatic heterocycles. The van der Waals surface area contributed by atoms with Gasteiger partial charge in [-0.1, -0.05) is 5.92 Å². The van der Waals surface area contributed by atoms with Crippen LogP contribution in [0.25, 0.3) is 0 Å². The molecule has 2 N–H and O–H groups in total. The Morgan fingerprint density at radius 3 is 2.33 bits per heavy atom. The number of terminal acetylenes is 1. The Kier molecular flexibility index (Phi) is 5.09. The maximum atomic E-state index is 10.7. The summed E-state index contributed by atoms with van der Waals surface area (Å²) in [5.41, 5.74) is -1.03. The van der Waals surface area contributed by atoms with Crippen LogP contribution in [0.2, 0.25) is 0 Å². The third-order valence-corrected chi connectivity index (χ3v) is 2.80. The predicted octanol–water partition coefficient (Wildman–Crippen LogP) is 0.341. The molecule has 1 saturated heterocycles. The molecule has 1 fully saturated rings. The Bertz CT molecular complexity index is 266.